The summed E-state index contributed by atoms with van der Waals surface area (Å²) < 4.78 is 37.9. The highest BCUT2D eigenvalue weighted by Crippen LogP contribution is 2.27. The van der Waals surface area contributed by atoms with Gasteiger partial charge >= 0.3 is 6.18 Å². The molecule has 1 aromatic carbocycles. The predicted octanol–water partition coefficient (Wildman–Crippen LogP) is 4.29. The largest absolute Gasteiger partial charge is 0.390 e. The molecule has 1 N–H and O–H groups in total. The number of fused-ring (bicyclic) bond motifs is 1. The fourth-order valence-electron chi connectivity index (χ4n) is 1.98. The van der Waals surface area contributed by atoms with Gasteiger partial charge < -0.3 is 5.32 Å². The van der Waals surface area contributed by atoms with Crippen molar-refractivity contribution in [1.82, 2.24) is 10.3 Å². The van der Waals surface area contributed by atoms with Crippen LogP contribution in [0.15, 0.2) is 24.3 Å². The normalized spacial score (nSPS) is 15.6. The number of hydrogen-bond donors (Lipinski definition) is 1. The minimum Gasteiger partial charge on any atom is -0.305 e. The lowest BCUT2D eigenvalue weighted by Gasteiger charge is -2.19. The number of rotatable bonds is 4. The Hall–Kier alpha value is -1.14. The smallest absolute Gasteiger partial charge is 0.305 e. The van der Waals surface area contributed by atoms with Gasteiger partial charge in [-0.15, -0.1) is 11.3 Å². The van der Waals surface area contributed by atoms with E-state index in [-0.39, 0.29) is 6.04 Å². The van der Waals surface area contributed by atoms with Gasteiger partial charge in [-0.05, 0) is 26.0 Å². The Morgan fingerprint density at radius 3 is 2.58 bits per heavy atom. The van der Waals surface area contributed by atoms with Crippen LogP contribution in [-0.2, 0) is 0 Å². The van der Waals surface area contributed by atoms with Gasteiger partial charge in [0.05, 0.1) is 22.7 Å². The molecule has 2 atom stereocenters. The summed E-state index contributed by atoms with van der Waals surface area (Å²) in [5.74, 6) is 0. The fraction of sp³-hybridized carbons (Fsp3) is 0.462. The van der Waals surface area contributed by atoms with Crippen LogP contribution in [0.4, 0.5) is 13.2 Å². The molecule has 0 radical (unpaired) electrons. The van der Waals surface area contributed by atoms with E-state index in [9.17, 15) is 13.2 Å². The van der Waals surface area contributed by atoms with Gasteiger partial charge in [0.2, 0.25) is 0 Å². The maximum atomic E-state index is 12.3. The lowest BCUT2D eigenvalue weighted by atomic mass is 10.2. The van der Waals surface area contributed by atoms with Crippen molar-refractivity contribution < 1.29 is 13.2 Å². The van der Waals surface area contributed by atoms with Crippen LogP contribution in [0, 0.1) is 0 Å². The molecular weight excluding hydrogens is 273 g/mol. The molecule has 0 spiro atoms. The summed E-state index contributed by atoms with van der Waals surface area (Å²) in [5.41, 5.74) is 0.889. The molecule has 0 saturated carbocycles. The van der Waals surface area contributed by atoms with E-state index in [1.165, 1.54) is 18.3 Å². The van der Waals surface area contributed by atoms with Crippen molar-refractivity contribution in [3.63, 3.8) is 0 Å². The summed E-state index contributed by atoms with van der Waals surface area (Å²) in [6.07, 6.45) is -4.97. The summed E-state index contributed by atoms with van der Waals surface area (Å²) >= 11 is 1.51. The summed E-state index contributed by atoms with van der Waals surface area (Å²) in [6, 6.07) is 6.88. The zero-order valence-corrected chi connectivity index (χ0v) is 11.5. The second-order valence-electron chi connectivity index (χ2n) is 4.63. The van der Waals surface area contributed by atoms with E-state index in [0.29, 0.717) is 0 Å². The molecule has 6 heteroatoms. The standard InChI is InChI=1S/C13H15F3N2S/c1-8(7-13(14,15)16)17-9(2)12-18-10-5-3-4-6-11(10)19-12/h3-6,8-9,17H,7H2,1-2H3. The van der Waals surface area contributed by atoms with E-state index in [0.717, 1.165) is 15.2 Å². The van der Waals surface area contributed by atoms with Crippen molar-refractivity contribution in [1.29, 1.82) is 0 Å². The average molecular weight is 288 g/mol. The van der Waals surface area contributed by atoms with Crippen molar-refractivity contribution in [2.45, 2.75) is 38.5 Å². The van der Waals surface area contributed by atoms with Gasteiger partial charge in [-0.1, -0.05) is 12.1 Å². The number of nitrogens with zero attached hydrogens (tertiary/aromatic N) is 1. The molecule has 0 aliphatic carbocycles. The third-order valence-corrected chi connectivity index (χ3v) is 3.97. The number of aromatic nitrogens is 1. The van der Waals surface area contributed by atoms with E-state index in [1.807, 2.05) is 31.2 Å². The van der Waals surface area contributed by atoms with Gasteiger partial charge in [0.1, 0.15) is 5.01 Å². The molecule has 0 fully saturated rings. The topological polar surface area (TPSA) is 24.9 Å². The van der Waals surface area contributed by atoms with E-state index in [4.69, 9.17) is 0 Å². The Morgan fingerprint density at radius 2 is 1.95 bits per heavy atom. The van der Waals surface area contributed by atoms with Crippen molar-refractivity contribution in [2.75, 3.05) is 0 Å². The van der Waals surface area contributed by atoms with Crippen LogP contribution in [0.3, 0.4) is 0 Å². The third-order valence-electron chi connectivity index (χ3n) is 2.75. The SMILES string of the molecule is CC(CC(F)(F)F)NC(C)c1nc2ccccc2s1. The first-order valence-electron chi connectivity index (χ1n) is 6.03. The quantitative estimate of drug-likeness (QED) is 0.908. The minimum absolute atomic E-state index is 0.185. The third kappa shape index (κ3) is 3.91. The van der Waals surface area contributed by atoms with Crippen LogP contribution in [0.2, 0.25) is 0 Å². The number of alkyl halides is 3. The number of hydrogen-bond acceptors (Lipinski definition) is 3. The number of thiazole rings is 1. The summed E-state index contributed by atoms with van der Waals surface area (Å²) in [4.78, 5) is 4.44. The van der Waals surface area contributed by atoms with Gasteiger partial charge in [-0.2, -0.15) is 13.2 Å². The first kappa shape index (κ1) is 14.3. The first-order valence-corrected chi connectivity index (χ1v) is 6.85. The Balaban J connectivity index is 2.05. The molecule has 0 aliphatic heterocycles. The van der Waals surface area contributed by atoms with Gasteiger partial charge in [0, 0.05) is 6.04 Å². The van der Waals surface area contributed by atoms with Crippen molar-refractivity contribution in [3.8, 4) is 0 Å². The van der Waals surface area contributed by atoms with E-state index in [2.05, 4.69) is 10.3 Å². The maximum absolute atomic E-state index is 12.3. The number of benzene rings is 1. The average Bonchev–Trinajstić information content (AvgIpc) is 2.69. The molecular formula is C13H15F3N2S. The zero-order valence-electron chi connectivity index (χ0n) is 10.7. The fourth-order valence-corrected chi connectivity index (χ4v) is 2.96. The Labute approximate surface area is 113 Å². The van der Waals surface area contributed by atoms with Crippen LogP contribution in [-0.4, -0.2) is 17.2 Å². The maximum Gasteiger partial charge on any atom is 0.390 e. The second kappa shape index (κ2) is 5.46. The van der Waals surface area contributed by atoms with Gasteiger partial charge in [0.25, 0.3) is 0 Å². The van der Waals surface area contributed by atoms with Crippen molar-refractivity contribution >= 4 is 21.6 Å². The molecule has 104 valence electrons. The predicted molar refractivity (Wildman–Crippen MR) is 71.3 cm³/mol. The van der Waals surface area contributed by atoms with Crippen LogP contribution in [0.25, 0.3) is 10.2 Å². The molecule has 2 unspecified atom stereocenters. The second-order valence-corrected chi connectivity index (χ2v) is 5.69. The van der Waals surface area contributed by atoms with Gasteiger partial charge in [-0.25, -0.2) is 4.98 Å². The molecule has 1 heterocycles. The summed E-state index contributed by atoms with van der Waals surface area (Å²) in [6.45, 7) is 3.38. The molecule has 1 aromatic heterocycles. The first-order chi connectivity index (χ1) is 8.85. The van der Waals surface area contributed by atoms with Crippen LogP contribution < -0.4 is 5.32 Å². The number of halogens is 3. The van der Waals surface area contributed by atoms with Crippen LogP contribution in [0.5, 0.6) is 0 Å². The van der Waals surface area contributed by atoms with Crippen molar-refractivity contribution in [3.05, 3.63) is 29.3 Å². The minimum atomic E-state index is -4.14. The lowest BCUT2D eigenvalue weighted by Crippen LogP contribution is -2.33. The Kier molecular flexibility index (Phi) is 4.10. The van der Waals surface area contributed by atoms with E-state index >= 15 is 0 Å². The summed E-state index contributed by atoms with van der Waals surface area (Å²) in [5, 5.41) is 3.76. The monoisotopic (exact) mass is 288 g/mol. The molecule has 2 nitrogen and oxygen atoms in total. The molecule has 19 heavy (non-hydrogen) atoms. The highest BCUT2D eigenvalue weighted by atomic mass is 32.1. The van der Waals surface area contributed by atoms with Gasteiger partial charge in [-0.3, -0.25) is 0 Å². The Morgan fingerprint density at radius 1 is 1.26 bits per heavy atom. The lowest BCUT2D eigenvalue weighted by molar-refractivity contribution is -0.139. The highest BCUT2D eigenvalue weighted by molar-refractivity contribution is 7.18. The molecule has 0 bridgehead atoms. The zero-order chi connectivity index (χ0) is 14.0. The highest BCUT2D eigenvalue weighted by Gasteiger charge is 2.30. The van der Waals surface area contributed by atoms with Crippen molar-refractivity contribution in [2.24, 2.45) is 0 Å². The summed E-state index contributed by atoms with van der Waals surface area (Å²) in [7, 11) is 0. The Bertz CT molecular complexity index is 517. The van der Waals surface area contributed by atoms with Crippen LogP contribution >= 0.6 is 11.3 Å². The van der Waals surface area contributed by atoms with E-state index in [1.54, 1.807) is 0 Å². The number of para-hydroxylation sites is 1. The molecule has 2 rings (SSSR count). The van der Waals surface area contributed by atoms with Crippen LogP contribution in [0.1, 0.15) is 31.3 Å². The number of nitrogens with one attached hydrogen (secondary N) is 1. The molecule has 0 amide bonds. The van der Waals surface area contributed by atoms with Gasteiger partial charge in [0.15, 0.2) is 0 Å². The van der Waals surface area contributed by atoms with E-state index < -0.39 is 18.6 Å². The molecule has 0 saturated heterocycles. The molecule has 2 aromatic rings. The molecule has 0 aliphatic rings.